The lowest BCUT2D eigenvalue weighted by Crippen LogP contribution is -2.17. The first-order valence-electron chi connectivity index (χ1n) is 6.57. The minimum Gasteiger partial charge on any atom is -0.469 e. The van der Waals surface area contributed by atoms with E-state index in [1.807, 2.05) is 0 Å². The van der Waals surface area contributed by atoms with Crippen molar-refractivity contribution in [3.05, 3.63) is 0 Å². The first kappa shape index (κ1) is 16.2. The van der Waals surface area contributed by atoms with Crippen LogP contribution in [0.2, 0.25) is 0 Å². The lowest BCUT2D eigenvalue weighted by Gasteiger charge is -2.25. The number of carbonyl (C=O) groups excluding carboxylic acids is 2. The van der Waals surface area contributed by atoms with E-state index in [2.05, 4.69) is 4.74 Å². The van der Waals surface area contributed by atoms with Crippen LogP contribution < -0.4 is 0 Å². The summed E-state index contributed by atoms with van der Waals surface area (Å²) in [5.74, 6) is -1.13. The number of esters is 1. The lowest BCUT2D eigenvalue weighted by atomic mass is 10.0. The highest BCUT2D eigenvalue weighted by molar-refractivity contribution is 7.54. The zero-order valence-corrected chi connectivity index (χ0v) is 12.1. The molecule has 0 aromatic heterocycles. The van der Waals surface area contributed by atoms with Crippen LogP contribution >= 0.6 is 7.60 Å². The molecule has 0 amide bonds. The summed E-state index contributed by atoms with van der Waals surface area (Å²) in [6, 6.07) is 0. The van der Waals surface area contributed by atoms with E-state index >= 15 is 0 Å². The van der Waals surface area contributed by atoms with Gasteiger partial charge in [0.15, 0.2) is 0 Å². The number of ether oxygens (including phenoxy) is 1. The van der Waals surface area contributed by atoms with Crippen LogP contribution in [0.5, 0.6) is 0 Å². The summed E-state index contributed by atoms with van der Waals surface area (Å²) in [6.45, 7) is 0. The Labute approximate surface area is 113 Å². The predicted octanol–water partition coefficient (Wildman–Crippen LogP) is 2.39. The fraction of sp³-hybridized carbons (Fsp3) is 0.833. The second kappa shape index (κ2) is 7.65. The highest BCUT2D eigenvalue weighted by atomic mass is 31.2. The van der Waals surface area contributed by atoms with Gasteiger partial charge in [0, 0.05) is 12.8 Å². The lowest BCUT2D eigenvalue weighted by molar-refractivity contribution is -0.141. The minimum absolute atomic E-state index is 0.0492. The molecule has 1 saturated carbocycles. The van der Waals surface area contributed by atoms with Gasteiger partial charge in [0.25, 0.3) is 0 Å². The van der Waals surface area contributed by atoms with Crippen LogP contribution in [0.4, 0.5) is 0 Å². The first-order valence-corrected chi connectivity index (χ1v) is 8.22. The van der Waals surface area contributed by atoms with E-state index in [0.717, 1.165) is 19.3 Å². The van der Waals surface area contributed by atoms with E-state index in [0.29, 0.717) is 12.8 Å². The van der Waals surface area contributed by atoms with Crippen LogP contribution in [0.1, 0.15) is 51.4 Å². The molecule has 1 aliphatic rings. The van der Waals surface area contributed by atoms with Crippen LogP contribution in [0.25, 0.3) is 0 Å². The van der Waals surface area contributed by atoms with Crippen LogP contribution in [-0.2, 0) is 23.4 Å². The second-order valence-corrected chi connectivity index (χ2v) is 6.79. The van der Waals surface area contributed by atoms with Crippen LogP contribution in [0.15, 0.2) is 0 Å². The molecular weight excluding hydrogens is 271 g/mol. The summed E-state index contributed by atoms with van der Waals surface area (Å²) in [4.78, 5) is 32.1. The van der Waals surface area contributed by atoms with Crippen molar-refractivity contribution in [2.24, 2.45) is 0 Å². The van der Waals surface area contributed by atoms with Crippen molar-refractivity contribution >= 4 is 19.5 Å². The third-order valence-electron chi connectivity index (χ3n) is 3.26. The molecule has 1 rings (SSSR count). The highest BCUT2D eigenvalue weighted by Crippen LogP contribution is 2.53. The van der Waals surface area contributed by atoms with Gasteiger partial charge in [-0.2, -0.15) is 0 Å². The average Bonchev–Trinajstić information content (AvgIpc) is 2.39. The molecule has 1 N–H and O–H groups in total. The Bertz CT molecular complexity index is 361. The normalized spacial score (nSPS) is 19.5. The monoisotopic (exact) mass is 292 g/mol. The molecule has 0 aliphatic heterocycles. The summed E-state index contributed by atoms with van der Waals surface area (Å²) in [7, 11) is -2.59. The number of hydrogen-bond donors (Lipinski definition) is 1. The molecule has 0 heterocycles. The van der Waals surface area contributed by atoms with E-state index in [9.17, 15) is 19.0 Å². The van der Waals surface area contributed by atoms with Crippen molar-refractivity contribution in [1.29, 1.82) is 0 Å². The number of hydrogen-bond acceptors (Lipinski definition) is 5. The number of carbonyl (C=O) groups is 2. The Morgan fingerprint density at radius 3 is 2.32 bits per heavy atom. The van der Waals surface area contributed by atoms with Gasteiger partial charge < -0.3 is 14.2 Å². The Balaban J connectivity index is 2.33. The topological polar surface area (TPSA) is 89.9 Å². The van der Waals surface area contributed by atoms with Crippen molar-refractivity contribution in [1.82, 2.24) is 0 Å². The molecule has 110 valence electrons. The molecule has 0 spiro atoms. The summed E-state index contributed by atoms with van der Waals surface area (Å²) < 4.78 is 21.1. The van der Waals surface area contributed by atoms with Crippen molar-refractivity contribution < 1.29 is 28.3 Å². The van der Waals surface area contributed by atoms with Crippen LogP contribution in [-0.4, -0.2) is 29.6 Å². The van der Waals surface area contributed by atoms with Crippen molar-refractivity contribution in [3.63, 3.8) is 0 Å². The Morgan fingerprint density at radius 1 is 1.16 bits per heavy atom. The zero-order chi connectivity index (χ0) is 14.3. The van der Waals surface area contributed by atoms with E-state index < -0.39 is 25.2 Å². The maximum atomic E-state index is 12.0. The smallest absolute Gasteiger partial charge is 0.381 e. The Morgan fingerprint density at radius 2 is 1.74 bits per heavy atom. The average molecular weight is 292 g/mol. The molecule has 1 unspecified atom stereocenters. The molecule has 1 atom stereocenters. The van der Waals surface area contributed by atoms with Gasteiger partial charge in [-0.05, 0) is 19.3 Å². The van der Waals surface area contributed by atoms with Gasteiger partial charge in [-0.15, -0.1) is 0 Å². The molecule has 0 saturated heterocycles. The first-order chi connectivity index (χ1) is 8.95. The van der Waals surface area contributed by atoms with Gasteiger partial charge in [0.1, 0.15) is 0 Å². The summed E-state index contributed by atoms with van der Waals surface area (Å²) in [5.41, 5.74) is -0.425. The van der Waals surface area contributed by atoms with Crippen molar-refractivity contribution in [2.75, 3.05) is 7.11 Å². The maximum Gasteiger partial charge on any atom is 0.381 e. The SMILES string of the molecule is COC(=O)CCCC(=O)OP(=O)(O)C1CCCCC1. The minimum atomic E-state index is -3.86. The molecule has 6 nitrogen and oxygen atoms in total. The third kappa shape index (κ3) is 5.74. The quantitative estimate of drug-likeness (QED) is 0.597. The Hall–Kier alpha value is -0.870. The van der Waals surface area contributed by atoms with E-state index in [1.54, 1.807) is 0 Å². The molecule has 0 radical (unpaired) electrons. The largest absolute Gasteiger partial charge is 0.469 e. The number of methoxy groups -OCH3 is 1. The van der Waals surface area contributed by atoms with Gasteiger partial charge in [-0.1, -0.05) is 19.3 Å². The zero-order valence-electron chi connectivity index (χ0n) is 11.2. The van der Waals surface area contributed by atoms with E-state index in [-0.39, 0.29) is 19.3 Å². The van der Waals surface area contributed by atoms with Crippen molar-refractivity contribution in [3.8, 4) is 0 Å². The maximum absolute atomic E-state index is 12.0. The molecule has 0 aromatic carbocycles. The molecule has 1 aliphatic carbocycles. The van der Waals surface area contributed by atoms with Gasteiger partial charge in [-0.25, -0.2) is 4.57 Å². The van der Waals surface area contributed by atoms with Gasteiger partial charge >= 0.3 is 19.5 Å². The standard InChI is InChI=1S/C12H21O6P/c1-17-11(13)8-5-9-12(14)18-19(15,16)10-6-3-2-4-7-10/h10H,2-9H2,1H3,(H,15,16). The fourth-order valence-electron chi connectivity index (χ4n) is 2.15. The van der Waals surface area contributed by atoms with Crippen LogP contribution in [0.3, 0.4) is 0 Å². The molecule has 19 heavy (non-hydrogen) atoms. The van der Waals surface area contributed by atoms with Crippen molar-refractivity contribution in [2.45, 2.75) is 57.0 Å². The fourth-order valence-corrected chi connectivity index (χ4v) is 3.70. The second-order valence-electron chi connectivity index (χ2n) is 4.75. The summed E-state index contributed by atoms with van der Waals surface area (Å²) in [5, 5.41) is 0. The summed E-state index contributed by atoms with van der Waals surface area (Å²) >= 11 is 0. The summed E-state index contributed by atoms with van der Waals surface area (Å²) in [6.07, 6.45) is 4.42. The predicted molar refractivity (Wildman–Crippen MR) is 68.7 cm³/mol. The van der Waals surface area contributed by atoms with Gasteiger partial charge in [0.2, 0.25) is 0 Å². The molecule has 0 bridgehead atoms. The van der Waals surface area contributed by atoms with E-state index in [1.165, 1.54) is 7.11 Å². The molecular formula is C12H21O6P. The molecule has 0 aromatic rings. The Kier molecular flexibility index (Phi) is 6.52. The molecule has 1 fully saturated rings. The van der Waals surface area contributed by atoms with Crippen LogP contribution in [0, 0.1) is 0 Å². The molecule has 7 heteroatoms. The highest BCUT2D eigenvalue weighted by Gasteiger charge is 2.36. The van der Waals surface area contributed by atoms with E-state index in [4.69, 9.17) is 4.52 Å². The number of rotatable bonds is 6. The third-order valence-corrected chi connectivity index (χ3v) is 5.16. The van der Waals surface area contributed by atoms with Gasteiger partial charge in [-0.3, -0.25) is 9.59 Å². The van der Waals surface area contributed by atoms with Gasteiger partial charge in [0.05, 0.1) is 12.8 Å².